The van der Waals surface area contributed by atoms with Crippen molar-refractivity contribution in [1.82, 2.24) is 14.5 Å². The number of nitrogens with zero attached hydrogens (tertiary/aromatic N) is 3. The Morgan fingerprint density at radius 2 is 1.77 bits per heavy atom. The molecule has 0 spiro atoms. The van der Waals surface area contributed by atoms with E-state index in [9.17, 15) is 18.7 Å². The average molecular weight is 586 g/mol. The quantitative estimate of drug-likeness (QED) is 0.172. The van der Waals surface area contributed by atoms with Crippen molar-refractivity contribution in [2.45, 2.75) is 45.8 Å². The van der Waals surface area contributed by atoms with Crippen LogP contribution in [-0.2, 0) is 19.6 Å². The first kappa shape index (κ1) is 28.5. The van der Waals surface area contributed by atoms with Gasteiger partial charge >= 0.3 is 5.97 Å². The Morgan fingerprint density at radius 3 is 2.49 bits per heavy atom. The molecule has 1 aliphatic carbocycles. The number of aromatic carboxylic acids is 1. The summed E-state index contributed by atoms with van der Waals surface area (Å²) in [5.41, 5.74) is 3.73. The van der Waals surface area contributed by atoms with Crippen LogP contribution in [0.25, 0.3) is 22.3 Å². The molecule has 0 saturated heterocycles. The lowest BCUT2D eigenvalue weighted by Gasteiger charge is -2.14. The van der Waals surface area contributed by atoms with Crippen LogP contribution in [0.5, 0.6) is 5.88 Å². The molecule has 1 fully saturated rings. The number of aryl methyl sites for hydroxylation is 2. The predicted octanol–water partition coefficient (Wildman–Crippen LogP) is 7.69. The molecule has 0 unspecified atom stereocenters. The molecule has 0 bridgehead atoms. The number of fused-ring (bicyclic) bond motifs is 1. The molecule has 6 rings (SSSR count). The minimum absolute atomic E-state index is 0.0112. The van der Waals surface area contributed by atoms with Gasteiger partial charge in [-0.3, -0.25) is 4.39 Å². The van der Waals surface area contributed by atoms with Crippen LogP contribution in [-0.4, -0.2) is 32.3 Å². The van der Waals surface area contributed by atoms with Gasteiger partial charge in [0.1, 0.15) is 24.1 Å². The zero-order valence-corrected chi connectivity index (χ0v) is 23.6. The van der Waals surface area contributed by atoms with Crippen LogP contribution in [0.15, 0.2) is 72.8 Å². The highest BCUT2D eigenvalue weighted by molar-refractivity contribution is 5.92. The number of ether oxygens (including phenoxy) is 1. The molecular weight excluding hydrogens is 555 g/mol. The summed E-state index contributed by atoms with van der Waals surface area (Å²) in [4.78, 5) is 20.8. The van der Waals surface area contributed by atoms with Crippen LogP contribution in [0.2, 0.25) is 0 Å². The Kier molecular flexibility index (Phi) is 7.64. The van der Waals surface area contributed by atoms with E-state index >= 15 is 4.39 Å². The molecule has 0 amide bonds. The number of carboxylic acid groups (broad SMARTS) is 1. The molecule has 220 valence electrons. The number of hydrogen-bond donors (Lipinski definition) is 1. The van der Waals surface area contributed by atoms with Crippen molar-refractivity contribution in [1.29, 1.82) is 0 Å². The van der Waals surface area contributed by atoms with E-state index in [2.05, 4.69) is 4.98 Å². The zero-order valence-electron chi connectivity index (χ0n) is 23.6. The molecular formula is C34H30F3N3O3. The van der Waals surface area contributed by atoms with Crippen LogP contribution in [0, 0.1) is 24.0 Å². The van der Waals surface area contributed by atoms with Gasteiger partial charge in [0, 0.05) is 35.6 Å². The third-order valence-corrected chi connectivity index (χ3v) is 8.19. The number of rotatable bonds is 11. The van der Waals surface area contributed by atoms with Crippen molar-refractivity contribution < 1.29 is 27.8 Å². The SMILES string of the molecule is Cc1ccc(COc2cccc(-c3ccc(Cc4nc5ccc(C(=O)O)cc5n4CCC4(CF)CC4)c(F)c3)n2)c(F)c1. The second-order valence-electron chi connectivity index (χ2n) is 11.3. The van der Waals surface area contributed by atoms with Gasteiger partial charge in [0.05, 0.1) is 29.0 Å². The molecule has 0 atom stereocenters. The Bertz CT molecular complexity index is 1830. The third kappa shape index (κ3) is 6.11. The number of halogens is 3. The highest BCUT2D eigenvalue weighted by atomic mass is 19.1. The number of pyridine rings is 1. The van der Waals surface area contributed by atoms with E-state index < -0.39 is 18.5 Å². The predicted molar refractivity (Wildman–Crippen MR) is 157 cm³/mol. The second kappa shape index (κ2) is 11.6. The molecule has 9 heteroatoms. The fraction of sp³-hybridized carbons (Fsp3) is 0.265. The van der Waals surface area contributed by atoms with Gasteiger partial charge in [0.25, 0.3) is 0 Å². The first-order chi connectivity index (χ1) is 20.7. The van der Waals surface area contributed by atoms with E-state index in [1.807, 2.05) is 17.6 Å². The zero-order chi connectivity index (χ0) is 30.1. The van der Waals surface area contributed by atoms with E-state index in [0.717, 1.165) is 18.4 Å². The van der Waals surface area contributed by atoms with Crippen molar-refractivity contribution in [3.63, 3.8) is 0 Å². The molecule has 1 aliphatic rings. The highest BCUT2D eigenvalue weighted by Crippen LogP contribution is 2.49. The summed E-state index contributed by atoms with van der Waals surface area (Å²) in [5, 5.41) is 9.50. The van der Waals surface area contributed by atoms with Gasteiger partial charge in [-0.25, -0.2) is 23.5 Å². The third-order valence-electron chi connectivity index (χ3n) is 8.19. The monoisotopic (exact) mass is 585 g/mol. The molecule has 0 radical (unpaired) electrons. The van der Waals surface area contributed by atoms with Gasteiger partial charge in [-0.15, -0.1) is 0 Å². The molecule has 1 N–H and O–H groups in total. The number of carbonyl (C=O) groups is 1. The summed E-state index contributed by atoms with van der Waals surface area (Å²) in [5.74, 6) is -0.974. The van der Waals surface area contributed by atoms with Crippen LogP contribution in [0.4, 0.5) is 13.2 Å². The van der Waals surface area contributed by atoms with E-state index in [4.69, 9.17) is 9.72 Å². The van der Waals surface area contributed by atoms with Crippen molar-refractivity contribution in [2.75, 3.05) is 6.67 Å². The minimum Gasteiger partial charge on any atom is -0.478 e. The van der Waals surface area contributed by atoms with E-state index in [1.54, 1.807) is 48.5 Å². The summed E-state index contributed by atoms with van der Waals surface area (Å²) >= 11 is 0. The average Bonchev–Trinajstić information content (AvgIpc) is 3.70. The van der Waals surface area contributed by atoms with E-state index in [1.165, 1.54) is 18.2 Å². The van der Waals surface area contributed by atoms with Gasteiger partial charge in [-0.2, -0.15) is 0 Å². The number of aromatic nitrogens is 3. The van der Waals surface area contributed by atoms with Crippen LogP contribution in [0.1, 0.15) is 52.1 Å². The fourth-order valence-corrected chi connectivity index (χ4v) is 5.26. The Hall–Kier alpha value is -4.66. The van der Waals surface area contributed by atoms with Crippen molar-refractivity contribution in [2.24, 2.45) is 5.41 Å². The smallest absolute Gasteiger partial charge is 0.335 e. The summed E-state index contributed by atoms with van der Waals surface area (Å²) in [6.45, 7) is 1.89. The number of imidazole rings is 1. The standard InChI is InChI=1S/C34H30F3N3O3/c1-21-5-6-25(26(36)15-21)19-43-32-4-2-3-28(39-32)23-8-7-22(27(37)16-23)18-31-38-29-10-9-24(33(41)42)17-30(29)40(31)14-13-34(20-35)11-12-34/h2-10,15-17H,11-14,18-20H2,1H3,(H,41,42). The highest BCUT2D eigenvalue weighted by Gasteiger charge is 2.42. The van der Waals surface area contributed by atoms with E-state index in [0.29, 0.717) is 52.2 Å². The maximum Gasteiger partial charge on any atom is 0.335 e. The van der Waals surface area contributed by atoms with Crippen LogP contribution >= 0.6 is 0 Å². The van der Waals surface area contributed by atoms with Crippen LogP contribution in [0.3, 0.4) is 0 Å². The van der Waals surface area contributed by atoms with Gasteiger partial charge in [-0.05, 0) is 73.7 Å². The lowest BCUT2D eigenvalue weighted by molar-refractivity contribution is 0.0697. The second-order valence-corrected chi connectivity index (χ2v) is 11.3. The lowest BCUT2D eigenvalue weighted by Crippen LogP contribution is -2.12. The maximum atomic E-state index is 15.5. The molecule has 2 heterocycles. The first-order valence-corrected chi connectivity index (χ1v) is 14.2. The van der Waals surface area contributed by atoms with E-state index in [-0.39, 0.29) is 35.7 Å². The number of hydrogen-bond acceptors (Lipinski definition) is 4. The lowest BCUT2D eigenvalue weighted by atomic mass is 10.0. The van der Waals surface area contributed by atoms with Crippen molar-refractivity contribution in [3.8, 4) is 17.1 Å². The van der Waals surface area contributed by atoms with Crippen molar-refractivity contribution in [3.05, 3.63) is 113 Å². The molecule has 0 aliphatic heterocycles. The van der Waals surface area contributed by atoms with Gasteiger partial charge in [0.2, 0.25) is 5.88 Å². The number of carboxylic acids is 1. The maximum absolute atomic E-state index is 15.5. The fourth-order valence-electron chi connectivity index (χ4n) is 5.26. The molecule has 5 aromatic rings. The van der Waals surface area contributed by atoms with Gasteiger partial charge in [-0.1, -0.05) is 30.3 Å². The summed E-state index contributed by atoms with van der Waals surface area (Å²) in [6.07, 6.45) is 2.42. The molecule has 6 nitrogen and oxygen atoms in total. The Morgan fingerprint density at radius 1 is 0.977 bits per heavy atom. The number of alkyl halides is 1. The topological polar surface area (TPSA) is 77.2 Å². The Balaban J connectivity index is 1.24. The molecule has 2 aromatic heterocycles. The van der Waals surface area contributed by atoms with Gasteiger partial charge in [0.15, 0.2) is 0 Å². The first-order valence-electron chi connectivity index (χ1n) is 14.2. The summed E-state index contributed by atoms with van der Waals surface area (Å²) in [6, 6.07) is 19.6. The van der Waals surface area contributed by atoms with Gasteiger partial charge < -0.3 is 14.4 Å². The van der Waals surface area contributed by atoms with Crippen molar-refractivity contribution >= 4 is 17.0 Å². The number of benzene rings is 3. The summed E-state index contributed by atoms with van der Waals surface area (Å²) < 4.78 is 50.9. The molecule has 1 saturated carbocycles. The summed E-state index contributed by atoms with van der Waals surface area (Å²) in [7, 11) is 0. The Labute approximate surface area is 246 Å². The molecule has 43 heavy (non-hydrogen) atoms. The normalized spacial score (nSPS) is 13.8. The minimum atomic E-state index is -1.05. The molecule has 3 aromatic carbocycles. The largest absolute Gasteiger partial charge is 0.478 e. The van der Waals surface area contributed by atoms with Crippen LogP contribution < -0.4 is 4.74 Å².